The smallest absolute Gasteiger partial charge is 0.291 e. The molecule has 27 heavy (non-hydrogen) atoms. The number of thiazole rings is 1. The third-order valence-corrected chi connectivity index (χ3v) is 6.40. The van der Waals surface area contributed by atoms with Crippen LogP contribution in [0.15, 0.2) is 34.9 Å². The van der Waals surface area contributed by atoms with Gasteiger partial charge in [0.05, 0.1) is 22.0 Å². The molecule has 0 unspecified atom stereocenters. The number of rotatable bonds is 5. The van der Waals surface area contributed by atoms with Gasteiger partial charge in [-0.3, -0.25) is 4.79 Å². The highest BCUT2D eigenvalue weighted by Crippen LogP contribution is 2.29. The zero-order chi connectivity index (χ0) is 19.8. The lowest BCUT2D eigenvalue weighted by Gasteiger charge is -2.13. The molecular formula is C15H16N6O4S2. The van der Waals surface area contributed by atoms with Crippen LogP contribution in [0.4, 0.5) is 5.82 Å². The van der Waals surface area contributed by atoms with Gasteiger partial charge in [-0.05, 0) is 19.1 Å². The SMILES string of the molecule is C[C@@H](O)[C@H](N)C(=O)NS(=O)(=O)c1nc2cc(-c3cc(N)ncn3)ccc2s1. The molecule has 142 valence electrons. The molecule has 0 saturated heterocycles. The summed E-state index contributed by atoms with van der Waals surface area (Å²) in [4.78, 5) is 23.9. The van der Waals surface area contributed by atoms with E-state index in [2.05, 4.69) is 15.0 Å². The van der Waals surface area contributed by atoms with Crippen LogP contribution in [-0.2, 0) is 14.8 Å². The molecule has 0 aliphatic rings. The fourth-order valence-electron chi connectivity index (χ4n) is 2.17. The second-order valence-electron chi connectivity index (χ2n) is 5.73. The van der Waals surface area contributed by atoms with E-state index in [1.165, 1.54) is 13.3 Å². The monoisotopic (exact) mass is 408 g/mol. The predicted molar refractivity (Wildman–Crippen MR) is 100 cm³/mol. The van der Waals surface area contributed by atoms with Crippen LogP contribution in [0.3, 0.4) is 0 Å². The Labute approximate surface area is 158 Å². The lowest BCUT2D eigenvalue weighted by Crippen LogP contribution is -2.48. The molecule has 2 heterocycles. The Morgan fingerprint density at radius 3 is 2.70 bits per heavy atom. The fourth-order valence-corrected chi connectivity index (χ4v) is 4.39. The maximum absolute atomic E-state index is 12.4. The number of nitrogens with one attached hydrogen (secondary N) is 1. The number of carbonyl (C=O) groups excluding carboxylic acids is 1. The normalized spacial score (nSPS) is 14.0. The minimum atomic E-state index is -4.21. The number of nitrogens with two attached hydrogens (primary N) is 2. The summed E-state index contributed by atoms with van der Waals surface area (Å²) in [6.07, 6.45) is 0.130. The summed E-state index contributed by atoms with van der Waals surface area (Å²) in [6, 6.07) is 5.33. The first-order valence-electron chi connectivity index (χ1n) is 7.66. The first-order chi connectivity index (χ1) is 12.7. The summed E-state index contributed by atoms with van der Waals surface area (Å²) in [6.45, 7) is 1.29. The van der Waals surface area contributed by atoms with Gasteiger partial charge in [0.1, 0.15) is 18.2 Å². The molecule has 0 aliphatic carbocycles. The first-order valence-corrected chi connectivity index (χ1v) is 9.96. The zero-order valence-electron chi connectivity index (χ0n) is 14.0. The lowest BCUT2D eigenvalue weighted by atomic mass is 10.1. The van der Waals surface area contributed by atoms with Gasteiger partial charge >= 0.3 is 0 Å². The summed E-state index contributed by atoms with van der Waals surface area (Å²) in [7, 11) is -4.21. The number of amides is 1. The van der Waals surface area contributed by atoms with Gasteiger partial charge in [0.25, 0.3) is 15.9 Å². The molecule has 12 heteroatoms. The van der Waals surface area contributed by atoms with E-state index in [1.54, 1.807) is 24.3 Å². The number of aromatic nitrogens is 3. The molecule has 3 rings (SSSR count). The Morgan fingerprint density at radius 1 is 1.30 bits per heavy atom. The van der Waals surface area contributed by atoms with Crippen molar-refractivity contribution in [1.29, 1.82) is 0 Å². The molecule has 1 amide bonds. The summed E-state index contributed by atoms with van der Waals surface area (Å²) < 4.78 is 26.9. The van der Waals surface area contributed by atoms with Gasteiger partial charge in [-0.15, -0.1) is 11.3 Å². The van der Waals surface area contributed by atoms with Crippen molar-refractivity contribution in [2.24, 2.45) is 5.73 Å². The Morgan fingerprint density at radius 2 is 2.04 bits per heavy atom. The van der Waals surface area contributed by atoms with Crippen LogP contribution in [0.1, 0.15) is 6.92 Å². The average molecular weight is 408 g/mol. The lowest BCUT2D eigenvalue weighted by molar-refractivity contribution is -0.122. The number of benzene rings is 1. The van der Waals surface area contributed by atoms with Crippen LogP contribution in [0.2, 0.25) is 0 Å². The fraction of sp³-hybridized carbons (Fsp3) is 0.200. The Hall–Kier alpha value is -2.67. The predicted octanol–water partition coefficient (Wildman–Crippen LogP) is -0.151. The summed E-state index contributed by atoms with van der Waals surface area (Å²) in [5.41, 5.74) is 12.8. The standard InChI is InChI=1S/C15H16N6O4S2/c1-7(22)13(17)14(23)21-27(24,25)15-20-10-4-8(2-3-11(10)26-15)9-5-12(16)19-6-18-9/h2-7,13,22H,17H2,1H3,(H,21,23)(H2,16,18,19)/t7-,13+/m1/s1. The third kappa shape index (κ3) is 4.03. The maximum Gasteiger partial charge on any atom is 0.291 e. The van der Waals surface area contributed by atoms with E-state index in [0.29, 0.717) is 27.3 Å². The molecule has 0 saturated carbocycles. The number of hydrogen-bond donors (Lipinski definition) is 4. The third-order valence-electron chi connectivity index (χ3n) is 3.64. The number of nitrogens with zero attached hydrogens (tertiary/aromatic N) is 3. The summed E-state index contributed by atoms with van der Waals surface area (Å²) in [5, 5.41) is 9.32. The summed E-state index contributed by atoms with van der Waals surface area (Å²) >= 11 is 0.899. The van der Waals surface area contributed by atoms with Crippen molar-refractivity contribution in [3.63, 3.8) is 0 Å². The zero-order valence-corrected chi connectivity index (χ0v) is 15.7. The largest absolute Gasteiger partial charge is 0.391 e. The molecule has 2 aromatic heterocycles. The number of nitrogen functional groups attached to an aromatic ring is 1. The second kappa shape index (κ2) is 7.15. The molecule has 6 N–H and O–H groups in total. The van der Waals surface area contributed by atoms with Crippen LogP contribution in [0.5, 0.6) is 0 Å². The number of carbonyl (C=O) groups is 1. The van der Waals surface area contributed by atoms with Crippen molar-refractivity contribution >= 4 is 43.3 Å². The number of hydrogen-bond acceptors (Lipinski definition) is 10. The molecule has 10 nitrogen and oxygen atoms in total. The van der Waals surface area contributed by atoms with E-state index in [1.807, 2.05) is 4.72 Å². The molecule has 2 atom stereocenters. The van der Waals surface area contributed by atoms with Crippen molar-refractivity contribution < 1.29 is 18.3 Å². The van der Waals surface area contributed by atoms with E-state index in [4.69, 9.17) is 11.5 Å². The second-order valence-corrected chi connectivity index (χ2v) is 8.61. The summed E-state index contributed by atoms with van der Waals surface area (Å²) in [5.74, 6) is -0.708. The van der Waals surface area contributed by atoms with Gasteiger partial charge in [-0.1, -0.05) is 6.07 Å². The van der Waals surface area contributed by atoms with Crippen molar-refractivity contribution in [3.8, 4) is 11.3 Å². The molecule has 1 aromatic carbocycles. The topological polar surface area (TPSA) is 174 Å². The van der Waals surface area contributed by atoms with Crippen LogP contribution in [0, 0.1) is 0 Å². The first kappa shape index (κ1) is 19.1. The maximum atomic E-state index is 12.4. The van der Waals surface area contributed by atoms with Crippen molar-refractivity contribution in [1.82, 2.24) is 19.7 Å². The van der Waals surface area contributed by atoms with E-state index >= 15 is 0 Å². The number of aliphatic hydroxyl groups is 1. The highest BCUT2D eigenvalue weighted by Gasteiger charge is 2.27. The van der Waals surface area contributed by atoms with Crippen LogP contribution in [0.25, 0.3) is 21.5 Å². The Balaban J connectivity index is 1.93. The highest BCUT2D eigenvalue weighted by atomic mass is 32.2. The van der Waals surface area contributed by atoms with Gasteiger partial charge in [-0.25, -0.2) is 19.7 Å². The number of aliphatic hydroxyl groups excluding tert-OH is 1. The highest BCUT2D eigenvalue weighted by molar-refractivity contribution is 7.92. The van der Waals surface area contributed by atoms with Crippen LogP contribution < -0.4 is 16.2 Å². The molecule has 0 spiro atoms. The number of fused-ring (bicyclic) bond motifs is 1. The van der Waals surface area contributed by atoms with Crippen LogP contribution in [-0.4, -0.2) is 46.5 Å². The molecular weight excluding hydrogens is 392 g/mol. The van der Waals surface area contributed by atoms with Gasteiger partial charge in [0.15, 0.2) is 0 Å². The van der Waals surface area contributed by atoms with Gasteiger partial charge in [0, 0.05) is 11.6 Å². The van der Waals surface area contributed by atoms with Crippen molar-refractivity contribution in [2.75, 3.05) is 5.73 Å². The van der Waals surface area contributed by atoms with Gasteiger partial charge in [0.2, 0.25) is 4.34 Å². The Kier molecular flexibility index (Phi) is 5.06. The van der Waals surface area contributed by atoms with E-state index < -0.39 is 28.1 Å². The minimum Gasteiger partial charge on any atom is -0.391 e. The molecule has 0 bridgehead atoms. The number of sulfonamides is 1. The molecule has 0 aliphatic heterocycles. The van der Waals surface area contributed by atoms with Crippen molar-refractivity contribution in [3.05, 3.63) is 30.6 Å². The van der Waals surface area contributed by atoms with E-state index in [-0.39, 0.29) is 4.34 Å². The molecule has 0 radical (unpaired) electrons. The van der Waals surface area contributed by atoms with E-state index in [0.717, 1.165) is 11.3 Å². The average Bonchev–Trinajstić information content (AvgIpc) is 3.04. The van der Waals surface area contributed by atoms with Gasteiger partial charge < -0.3 is 16.6 Å². The quantitative estimate of drug-likeness (QED) is 0.447. The molecule has 3 aromatic rings. The van der Waals surface area contributed by atoms with Crippen LogP contribution >= 0.6 is 11.3 Å². The van der Waals surface area contributed by atoms with E-state index in [9.17, 15) is 18.3 Å². The molecule has 0 fully saturated rings. The number of anilines is 1. The minimum absolute atomic E-state index is 0.289. The Bertz CT molecular complexity index is 1110. The van der Waals surface area contributed by atoms with Gasteiger partial charge in [-0.2, -0.15) is 8.42 Å². The van der Waals surface area contributed by atoms with Crippen molar-refractivity contribution in [2.45, 2.75) is 23.4 Å².